The molecule has 0 heterocycles. The summed E-state index contributed by atoms with van der Waals surface area (Å²) in [6.45, 7) is 15.6. The number of unbranched alkanes of at least 4 members (excludes halogenated alkanes) is 2. The number of carbonyl (C=O) groups is 1. The van der Waals surface area contributed by atoms with E-state index in [-0.39, 0.29) is 0 Å². The van der Waals surface area contributed by atoms with E-state index in [9.17, 15) is 4.79 Å². The number of carboxylic acid groups (broad SMARTS) is 1. The maximum atomic E-state index is 10.9. The zero-order chi connectivity index (χ0) is 20.0. The molecule has 0 aliphatic rings. The van der Waals surface area contributed by atoms with Crippen molar-refractivity contribution in [3.8, 4) is 0 Å². The van der Waals surface area contributed by atoms with Crippen LogP contribution in [0.4, 0.5) is 0 Å². The molecule has 0 bridgehead atoms. The predicted molar refractivity (Wildman–Crippen MR) is 116 cm³/mol. The van der Waals surface area contributed by atoms with E-state index in [0.717, 1.165) is 18.9 Å². The number of carboxylic acids is 1. The molecular weight excluding hydrogens is 376 g/mol. The molecule has 0 radical (unpaired) electrons. The molecule has 1 aromatic rings. The van der Waals surface area contributed by atoms with Crippen LogP contribution >= 0.6 is 0 Å². The zero-order valence-electron chi connectivity index (χ0n) is 17.5. The van der Waals surface area contributed by atoms with Crippen molar-refractivity contribution in [3.05, 3.63) is 35.4 Å². The molecule has 1 rings (SSSR count). The van der Waals surface area contributed by atoms with E-state index in [1.807, 2.05) is 12.1 Å². The van der Waals surface area contributed by atoms with Crippen LogP contribution in [0.2, 0.25) is 51.9 Å². The Labute approximate surface area is 162 Å². The van der Waals surface area contributed by atoms with Crippen LogP contribution in [-0.2, 0) is 14.7 Å². The molecule has 1 aromatic carbocycles. The lowest BCUT2D eigenvalue weighted by Crippen LogP contribution is -2.51. The highest BCUT2D eigenvalue weighted by molar-refractivity contribution is 6.87. The fraction of sp³-hybridized carbons (Fsp3) is 0.632. The smallest absolute Gasteiger partial charge is 0.335 e. The molecule has 7 heteroatoms. The van der Waals surface area contributed by atoms with Gasteiger partial charge in [0.2, 0.25) is 0 Å². The lowest BCUT2D eigenvalue weighted by Gasteiger charge is -2.37. The summed E-state index contributed by atoms with van der Waals surface area (Å²) in [6.07, 6.45) is 4.49. The average Bonchev–Trinajstić information content (AvgIpc) is 2.43. The highest BCUT2D eigenvalue weighted by atomic mass is 28.5. The topological polar surface area (TPSA) is 55.8 Å². The Balaban J connectivity index is 2.34. The van der Waals surface area contributed by atoms with E-state index < -0.39 is 31.2 Å². The van der Waals surface area contributed by atoms with Gasteiger partial charge < -0.3 is 13.3 Å². The van der Waals surface area contributed by atoms with Crippen molar-refractivity contribution in [3.63, 3.8) is 0 Å². The number of benzene rings is 1. The van der Waals surface area contributed by atoms with Gasteiger partial charge in [-0.05, 0) is 82.4 Å². The van der Waals surface area contributed by atoms with E-state index in [4.69, 9.17) is 13.3 Å². The Morgan fingerprint density at radius 3 is 1.96 bits per heavy atom. The minimum Gasteiger partial charge on any atom is -0.478 e. The van der Waals surface area contributed by atoms with Gasteiger partial charge in [0.15, 0.2) is 16.6 Å². The maximum Gasteiger partial charge on any atom is 0.335 e. The Morgan fingerprint density at radius 1 is 0.885 bits per heavy atom. The third-order valence-corrected chi connectivity index (χ3v) is 14.2. The quantitative estimate of drug-likeness (QED) is 0.364. The van der Waals surface area contributed by atoms with Gasteiger partial charge in [0.25, 0.3) is 0 Å². The zero-order valence-corrected chi connectivity index (χ0v) is 20.5. The molecule has 26 heavy (non-hydrogen) atoms. The van der Waals surface area contributed by atoms with Gasteiger partial charge in [0.05, 0.1) is 5.56 Å². The fourth-order valence-electron chi connectivity index (χ4n) is 3.35. The molecule has 0 amide bonds. The first-order chi connectivity index (χ1) is 11.8. The highest BCUT2D eigenvalue weighted by Crippen LogP contribution is 2.24. The number of hydrogen-bond donors (Lipinski definition) is 1. The first-order valence-electron chi connectivity index (χ1n) is 9.52. The Morgan fingerprint density at radius 2 is 1.46 bits per heavy atom. The highest BCUT2D eigenvalue weighted by Gasteiger charge is 2.37. The summed E-state index contributed by atoms with van der Waals surface area (Å²) in [4.78, 5) is 10.9. The van der Waals surface area contributed by atoms with Gasteiger partial charge in [0.1, 0.15) is 0 Å². The Kier molecular flexibility index (Phi) is 8.47. The number of aromatic carboxylic acids is 1. The third-order valence-electron chi connectivity index (χ3n) is 4.02. The summed E-state index contributed by atoms with van der Waals surface area (Å²) in [5.74, 6) is -0.867. The second-order valence-corrected chi connectivity index (χ2v) is 21.7. The van der Waals surface area contributed by atoms with Gasteiger partial charge in [-0.1, -0.05) is 25.0 Å². The number of rotatable bonds is 11. The molecule has 0 aliphatic heterocycles. The van der Waals surface area contributed by atoms with Crippen LogP contribution in [0.5, 0.6) is 0 Å². The second kappa shape index (κ2) is 9.45. The molecule has 1 N–H and O–H groups in total. The van der Waals surface area contributed by atoms with E-state index in [1.54, 1.807) is 12.1 Å². The van der Waals surface area contributed by atoms with E-state index in [1.165, 1.54) is 18.4 Å². The molecule has 0 aliphatic carbocycles. The summed E-state index contributed by atoms with van der Waals surface area (Å²) in [5.41, 5.74) is 1.56. The van der Waals surface area contributed by atoms with Gasteiger partial charge in [-0.15, -0.1) is 0 Å². The van der Waals surface area contributed by atoms with Crippen LogP contribution in [-0.4, -0.2) is 36.3 Å². The van der Waals surface area contributed by atoms with E-state index in [0.29, 0.717) is 5.56 Å². The van der Waals surface area contributed by atoms with Crippen molar-refractivity contribution in [2.24, 2.45) is 0 Å². The molecule has 148 valence electrons. The van der Waals surface area contributed by atoms with Crippen LogP contribution in [0.1, 0.15) is 35.2 Å². The Bertz CT molecular complexity index is 577. The minimum atomic E-state index is -2.03. The van der Waals surface area contributed by atoms with Crippen LogP contribution in [0, 0.1) is 0 Å². The van der Waals surface area contributed by atoms with Crippen molar-refractivity contribution in [2.75, 3.05) is 0 Å². The van der Waals surface area contributed by atoms with Crippen LogP contribution in [0.3, 0.4) is 0 Å². The van der Waals surface area contributed by atoms with Gasteiger partial charge in [-0.2, -0.15) is 0 Å². The molecule has 0 aromatic heterocycles. The number of hydrogen-bond acceptors (Lipinski definition) is 3. The summed E-state index contributed by atoms with van der Waals surface area (Å²) in [7, 11) is -5.29. The summed E-state index contributed by atoms with van der Waals surface area (Å²) >= 11 is 0. The third kappa shape index (κ3) is 9.82. The fourth-order valence-corrected chi connectivity index (χ4v) is 16.6. The van der Waals surface area contributed by atoms with Gasteiger partial charge in [0, 0.05) is 0 Å². The van der Waals surface area contributed by atoms with Crippen molar-refractivity contribution >= 4 is 31.2 Å². The molecule has 4 nitrogen and oxygen atoms in total. The summed E-state index contributed by atoms with van der Waals surface area (Å²) < 4.78 is 12.9. The van der Waals surface area contributed by atoms with Crippen LogP contribution < -0.4 is 0 Å². The second-order valence-electron chi connectivity index (χ2n) is 9.04. The molecule has 0 saturated carbocycles. The van der Waals surface area contributed by atoms with Gasteiger partial charge in [-0.3, -0.25) is 0 Å². The summed E-state index contributed by atoms with van der Waals surface area (Å²) in [6, 6.07) is 8.39. The van der Waals surface area contributed by atoms with Crippen molar-refractivity contribution in [1.82, 2.24) is 0 Å². The normalized spacial score (nSPS) is 13.0. The lowest BCUT2D eigenvalue weighted by atomic mass is 10.1. The molecule has 0 atom stereocenters. The first-order valence-corrected chi connectivity index (χ1v) is 18.9. The van der Waals surface area contributed by atoms with Crippen LogP contribution in [0.25, 0.3) is 0 Å². The van der Waals surface area contributed by atoms with E-state index >= 15 is 0 Å². The lowest BCUT2D eigenvalue weighted by molar-refractivity contribution is 0.0697. The largest absolute Gasteiger partial charge is 0.478 e. The first kappa shape index (κ1) is 23.3. The van der Waals surface area contributed by atoms with Crippen molar-refractivity contribution < 1.29 is 18.1 Å². The predicted octanol–water partition coefficient (Wildman–Crippen LogP) is 5.87. The van der Waals surface area contributed by atoms with E-state index in [2.05, 4.69) is 45.8 Å². The van der Waals surface area contributed by atoms with Gasteiger partial charge >= 0.3 is 14.5 Å². The van der Waals surface area contributed by atoms with Crippen LogP contribution in [0.15, 0.2) is 24.3 Å². The van der Waals surface area contributed by atoms with Crippen molar-refractivity contribution in [2.45, 2.75) is 77.6 Å². The summed E-state index contributed by atoms with van der Waals surface area (Å²) in [5, 5.41) is 8.93. The standard InChI is InChI=1S/C19H36O4Si3/c1-24(2,3)22-26(6,7)23-25(4,5)16-10-8-9-11-17-12-14-18(15-13-17)19(20)21/h12-15H,8-11,16H2,1-7H3,(H,20,21). The maximum absolute atomic E-state index is 10.9. The molecule has 0 saturated heterocycles. The molecule has 0 unspecified atom stereocenters. The Hall–Kier alpha value is -0.739. The van der Waals surface area contributed by atoms with Gasteiger partial charge in [-0.25, -0.2) is 4.79 Å². The van der Waals surface area contributed by atoms with Crippen molar-refractivity contribution in [1.29, 1.82) is 0 Å². The monoisotopic (exact) mass is 412 g/mol. The average molecular weight is 413 g/mol. The number of aryl methyl sites for hydroxylation is 1. The molecule has 0 fully saturated rings. The minimum absolute atomic E-state index is 0.353. The molecular formula is C19H36O4Si3. The molecule has 0 spiro atoms. The SMILES string of the molecule is C[Si](C)(C)O[Si](C)(C)O[Si](C)(C)CCCCCc1ccc(C(=O)O)cc1.